The number of fused-ring (bicyclic) bond motifs is 1. The van der Waals surface area contributed by atoms with Crippen molar-refractivity contribution >= 4 is 23.2 Å². The number of aryl methyl sites for hydroxylation is 1. The Labute approximate surface area is 115 Å². The predicted molar refractivity (Wildman–Crippen MR) is 73.9 cm³/mol. The molecule has 3 rings (SSSR count). The van der Waals surface area contributed by atoms with Gasteiger partial charge in [-0.25, -0.2) is 0 Å². The molecule has 1 aliphatic carbocycles. The molecule has 18 heavy (non-hydrogen) atoms. The molecule has 1 aromatic carbocycles. The highest BCUT2D eigenvalue weighted by Gasteiger charge is 2.24. The molecule has 0 fully saturated rings. The summed E-state index contributed by atoms with van der Waals surface area (Å²) in [5.41, 5.74) is 10.3. The number of nitrogens with two attached hydrogens (primary N) is 1. The van der Waals surface area contributed by atoms with Crippen molar-refractivity contribution in [2.75, 3.05) is 0 Å². The zero-order valence-corrected chi connectivity index (χ0v) is 11.2. The van der Waals surface area contributed by atoms with Crippen LogP contribution in [0.3, 0.4) is 0 Å². The van der Waals surface area contributed by atoms with Crippen LogP contribution in [0.25, 0.3) is 11.3 Å². The topological polar surface area (TPSA) is 54.7 Å². The quantitative estimate of drug-likeness (QED) is 0.837. The van der Waals surface area contributed by atoms with Crippen LogP contribution in [0, 0.1) is 0 Å². The van der Waals surface area contributed by atoms with Crippen molar-refractivity contribution in [3.8, 4) is 11.3 Å². The maximum atomic E-state index is 6.18. The van der Waals surface area contributed by atoms with Gasteiger partial charge in [0, 0.05) is 22.9 Å². The Balaban J connectivity index is 2.12. The van der Waals surface area contributed by atoms with Gasteiger partial charge in [-0.1, -0.05) is 29.3 Å². The van der Waals surface area contributed by atoms with Crippen molar-refractivity contribution in [3.05, 3.63) is 39.5 Å². The minimum absolute atomic E-state index is 0.0527. The van der Waals surface area contributed by atoms with Crippen molar-refractivity contribution < 1.29 is 0 Å². The highest BCUT2D eigenvalue weighted by Crippen LogP contribution is 2.36. The van der Waals surface area contributed by atoms with Gasteiger partial charge in [-0.15, -0.1) is 0 Å². The van der Waals surface area contributed by atoms with Gasteiger partial charge in [-0.3, -0.25) is 5.10 Å². The summed E-state index contributed by atoms with van der Waals surface area (Å²) in [6, 6.07) is 5.60. The Morgan fingerprint density at radius 2 is 2.11 bits per heavy atom. The van der Waals surface area contributed by atoms with E-state index in [9.17, 15) is 0 Å². The lowest BCUT2D eigenvalue weighted by Crippen LogP contribution is -2.17. The van der Waals surface area contributed by atoms with E-state index in [1.54, 1.807) is 6.07 Å². The van der Waals surface area contributed by atoms with E-state index < -0.39 is 0 Å². The van der Waals surface area contributed by atoms with Crippen LogP contribution in [0.5, 0.6) is 0 Å². The number of nitrogens with one attached hydrogen (secondary N) is 1. The Bertz CT molecular complexity index is 592. The van der Waals surface area contributed by atoms with Gasteiger partial charge in [0.25, 0.3) is 0 Å². The number of rotatable bonds is 1. The molecule has 3 N–H and O–H groups in total. The summed E-state index contributed by atoms with van der Waals surface area (Å²) in [4.78, 5) is 0. The van der Waals surface area contributed by atoms with Gasteiger partial charge >= 0.3 is 0 Å². The Kier molecular flexibility index (Phi) is 3.06. The van der Waals surface area contributed by atoms with E-state index in [1.165, 1.54) is 0 Å². The molecular formula is C13H13Cl2N3. The first kappa shape index (κ1) is 12.0. The molecule has 3 nitrogen and oxygen atoms in total. The van der Waals surface area contributed by atoms with Gasteiger partial charge < -0.3 is 5.73 Å². The van der Waals surface area contributed by atoms with Crippen LogP contribution in [-0.4, -0.2) is 10.2 Å². The van der Waals surface area contributed by atoms with Gasteiger partial charge in [-0.2, -0.15) is 5.10 Å². The monoisotopic (exact) mass is 281 g/mol. The van der Waals surface area contributed by atoms with E-state index in [0.717, 1.165) is 41.8 Å². The van der Waals surface area contributed by atoms with Crippen molar-refractivity contribution in [1.29, 1.82) is 0 Å². The minimum atomic E-state index is 0.0527. The molecule has 0 amide bonds. The van der Waals surface area contributed by atoms with E-state index in [1.807, 2.05) is 12.1 Å². The third-order valence-corrected chi connectivity index (χ3v) is 4.13. The molecule has 1 atom stereocenters. The number of H-pyrrole nitrogens is 1. The fourth-order valence-corrected chi connectivity index (χ4v) is 2.78. The van der Waals surface area contributed by atoms with Crippen LogP contribution in [-0.2, 0) is 6.42 Å². The van der Waals surface area contributed by atoms with Crippen molar-refractivity contribution in [1.82, 2.24) is 10.2 Å². The van der Waals surface area contributed by atoms with Crippen LogP contribution >= 0.6 is 23.2 Å². The van der Waals surface area contributed by atoms with Gasteiger partial charge in [-0.05, 0) is 31.4 Å². The van der Waals surface area contributed by atoms with Crippen molar-refractivity contribution in [3.63, 3.8) is 0 Å². The second-order valence-electron chi connectivity index (χ2n) is 4.59. The number of hydrogen-bond acceptors (Lipinski definition) is 2. The summed E-state index contributed by atoms with van der Waals surface area (Å²) >= 11 is 12.0. The van der Waals surface area contributed by atoms with Crippen LogP contribution in [0.15, 0.2) is 18.2 Å². The Morgan fingerprint density at radius 3 is 2.89 bits per heavy atom. The zero-order chi connectivity index (χ0) is 12.7. The lowest BCUT2D eigenvalue weighted by Gasteiger charge is -2.19. The molecule has 1 aromatic heterocycles. The molecule has 0 saturated heterocycles. The Morgan fingerprint density at radius 1 is 1.28 bits per heavy atom. The van der Waals surface area contributed by atoms with Gasteiger partial charge in [0.15, 0.2) is 0 Å². The zero-order valence-electron chi connectivity index (χ0n) is 9.71. The highest BCUT2D eigenvalue weighted by molar-refractivity contribution is 6.42. The smallest absolute Gasteiger partial charge is 0.0971 e. The number of halogens is 2. The molecule has 0 radical (unpaired) electrons. The van der Waals surface area contributed by atoms with Crippen LogP contribution in [0.2, 0.25) is 10.0 Å². The summed E-state index contributed by atoms with van der Waals surface area (Å²) < 4.78 is 0. The van der Waals surface area contributed by atoms with Crippen LogP contribution in [0.1, 0.15) is 30.1 Å². The second kappa shape index (κ2) is 4.57. The third-order valence-electron chi connectivity index (χ3n) is 3.39. The predicted octanol–water partition coefficient (Wildman–Crippen LogP) is 3.72. The largest absolute Gasteiger partial charge is 0.324 e. The molecule has 1 heterocycles. The van der Waals surface area contributed by atoms with Crippen molar-refractivity contribution in [2.24, 2.45) is 5.73 Å². The molecule has 94 valence electrons. The first-order chi connectivity index (χ1) is 8.66. The third kappa shape index (κ3) is 1.92. The van der Waals surface area contributed by atoms with E-state index in [0.29, 0.717) is 10.0 Å². The van der Waals surface area contributed by atoms with Crippen molar-refractivity contribution in [2.45, 2.75) is 25.3 Å². The average molecular weight is 282 g/mol. The summed E-state index contributed by atoms with van der Waals surface area (Å²) in [5, 5.41) is 8.55. The van der Waals surface area contributed by atoms with Gasteiger partial charge in [0.2, 0.25) is 0 Å². The molecular weight excluding hydrogens is 269 g/mol. The fraction of sp³-hybridized carbons (Fsp3) is 0.308. The lowest BCUT2D eigenvalue weighted by atomic mass is 9.90. The first-order valence-electron chi connectivity index (χ1n) is 5.95. The molecule has 0 bridgehead atoms. The van der Waals surface area contributed by atoms with E-state index in [4.69, 9.17) is 28.9 Å². The minimum Gasteiger partial charge on any atom is -0.324 e. The normalized spacial score (nSPS) is 18.7. The number of hydrogen-bond donors (Lipinski definition) is 2. The molecule has 0 saturated carbocycles. The second-order valence-corrected chi connectivity index (χ2v) is 5.41. The number of aromatic nitrogens is 2. The summed E-state index contributed by atoms with van der Waals surface area (Å²) in [5.74, 6) is 0. The maximum Gasteiger partial charge on any atom is 0.0971 e. The van der Waals surface area contributed by atoms with E-state index in [-0.39, 0.29) is 6.04 Å². The molecule has 0 aliphatic heterocycles. The van der Waals surface area contributed by atoms with Crippen LogP contribution < -0.4 is 5.73 Å². The molecule has 0 spiro atoms. The molecule has 5 heteroatoms. The molecule has 2 aromatic rings. The molecule has 1 aliphatic rings. The highest BCUT2D eigenvalue weighted by atomic mass is 35.5. The van der Waals surface area contributed by atoms with E-state index >= 15 is 0 Å². The summed E-state index contributed by atoms with van der Waals surface area (Å²) in [7, 11) is 0. The summed E-state index contributed by atoms with van der Waals surface area (Å²) in [6.45, 7) is 0. The average Bonchev–Trinajstić information content (AvgIpc) is 2.78. The Hall–Kier alpha value is -1.03. The first-order valence-corrected chi connectivity index (χ1v) is 6.70. The van der Waals surface area contributed by atoms with Gasteiger partial charge in [0.05, 0.1) is 15.7 Å². The number of aromatic amines is 1. The SMILES string of the molecule is NC1CCCc2[nH]nc(-c3ccc(Cl)c(Cl)c3)c21. The molecule has 1 unspecified atom stereocenters. The lowest BCUT2D eigenvalue weighted by molar-refractivity contribution is 0.567. The fourth-order valence-electron chi connectivity index (χ4n) is 2.48. The standard InChI is InChI=1S/C13H13Cl2N3/c14-8-5-4-7(6-9(8)15)13-12-10(16)2-1-3-11(12)17-18-13/h4-6,10H,1-3,16H2,(H,17,18). The van der Waals surface area contributed by atoms with Crippen LogP contribution in [0.4, 0.5) is 0 Å². The number of benzene rings is 1. The van der Waals surface area contributed by atoms with E-state index in [2.05, 4.69) is 10.2 Å². The van der Waals surface area contributed by atoms with Gasteiger partial charge in [0.1, 0.15) is 0 Å². The number of nitrogens with zero attached hydrogens (tertiary/aromatic N) is 1. The maximum absolute atomic E-state index is 6.18. The summed E-state index contributed by atoms with van der Waals surface area (Å²) in [6.07, 6.45) is 3.12.